The fourth-order valence-corrected chi connectivity index (χ4v) is 10.9. The summed E-state index contributed by atoms with van der Waals surface area (Å²) in [6, 6.07) is 18.3. The third-order valence-corrected chi connectivity index (χ3v) is 15.0. The zero-order valence-corrected chi connectivity index (χ0v) is 41.9. The summed E-state index contributed by atoms with van der Waals surface area (Å²) >= 11 is 6.83. The number of amides is 6. The van der Waals surface area contributed by atoms with Crippen LogP contribution in [0.3, 0.4) is 0 Å². The molecule has 3 saturated heterocycles. The molecule has 0 radical (unpaired) electrons. The first kappa shape index (κ1) is 50.8. The maximum atomic E-state index is 14.6. The van der Waals surface area contributed by atoms with Gasteiger partial charge >= 0.3 is 12.1 Å². The molecule has 6 N–H and O–H groups in total. The number of halogens is 2. The Balaban J connectivity index is 1.01. The van der Waals surface area contributed by atoms with E-state index in [9.17, 15) is 28.8 Å². The molecule has 16 nitrogen and oxygen atoms in total. The van der Waals surface area contributed by atoms with Crippen molar-refractivity contribution in [3.05, 3.63) is 92.4 Å². The average molecular weight is 1060 g/mol. The third kappa shape index (κ3) is 14.3. The van der Waals surface area contributed by atoms with Gasteiger partial charge in [0.25, 0.3) is 0 Å². The van der Waals surface area contributed by atoms with Gasteiger partial charge in [-0.05, 0) is 138 Å². The Kier molecular flexibility index (Phi) is 18.7. The first-order valence-electron chi connectivity index (χ1n) is 24.1. The van der Waals surface area contributed by atoms with Gasteiger partial charge in [0, 0.05) is 78.0 Å². The quantitative estimate of drug-likeness (QED) is 0.0535. The monoisotopic (exact) mass is 1060 g/mol. The molecule has 2 unspecified atom stereocenters. The number of ether oxygens (including phenoxy) is 1. The highest BCUT2D eigenvalue weighted by atomic mass is 79.9. The number of benzene rings is 3. The second-order valence-electron chi connectivity index (χ2n) is 18.3. The summed E-state index contributed by atoms with van der Waals surface area (Å²) in [4.78, 5) is 90.8. The van der Waals surface area contributed by atoms with Crippen molar-refractivity contribution in [1.29, 1.82) is 0 Å². The van der Waals surface area contributed by atoms with Gasteiger partial charge < -0.3 is 46.4 Å². The largest absolute Gasteiger partial charge is 0.445 e. The number of nitrogens with zero attached hydrogens (tertiary/aromatic N) is 4. The summed E-state index contributed by atoms with van der Waals surface area (Å²) in [5, 5.41) is 11.7. The van der Waals surface area contributed by atoms with E-state index in [-0.39, 0.29) is 56.3 Å². The minimum Gasteiger partial charge on any atom is -0.445 e. The number of alkyl carbamates (subject to hydrolysis) is 1. The second kappa shape index (κ2) is 25.0. The fraction of sp³-hybridized carbons (Fsp3) is 0.520. The number of unbranched alkanes of at least 4 members (excludes halogenated alkanes) is 1. The topological polar surface area (TPSA) is 199 Å². The first-order valence-corrected chi connectivity index (χ1v) is 25.7. The van der Waals surface area contributed by atoms with Gasteiger partial charge in [-0.2, -0.15) is 0 Å². The summed E-state index contributed by atoms with van der Waals surface area (Å²) < 4.78 is 6.35. The highest BCUT2D eigenvalue weighted by Crippen LogP contribution is 2.31. The molecule has 18 heteroatoms. The van der Waals surface area contributed by atoms with Gasteiger partial charge in [-0.1, -0.05) is 55.0 Å². The summed E-state index contributed by atoms with van der Waals surface area (Å²) in [7, 11) is 0. The van der Waals surface area contributed by atoms with Crippen LogP contribution < -0.4 is 27.0 Å². The minimum atomic E-state index is -1.26. The molecule has 0 aliphatic carbocycles. The molecule has 2 atom stereocenters. The zero-order chi connectivity index (χ0) is 48.0. The molecule has 366 valence electrons. The average Bonchev–Trinajstić information content (AvgIpc) is 3.52. The lowest BCUT2D eigenvalue weighted by molar-refractivity contribution is -0.138. The lowest BCUT2D eigenvalue weighted by Gasteiger charge is -2.40. The van der Waals surface area contributed by atoms with Crippen LogP contribution in [0.25, 0.3) is 0 Å². The van der Waals surface area contributed by atoms with Crippen LogP contribution in [0.4, 0.5) is 21.0 Å². The smallest absolute Gasteiger partial charge is 0.407 e. The molecule has 0 aromatic heterocycles. The molecule has 3 aromatic rings. The standard InChI is InChI=1S/C50H65Br2N9O7/c51-39-29-36(30-40(52)46(39)53)44(62)31-43(48(65)60-26-19-38(20-27-60)61-28-16-35-13-5-6-14-41(35)57-49(61)66)56-47(64)42(15-7-8-21-54-50(67)68-33-34-11-3-1-4-12-34)55-45(63)32-58-24-17-37(18-25-58)59-22-9-2-10-23-59/h1,3-6,11-14,29-30,37-38,42-43H,2,7-10,15-28,31-33,53H2,(H,54,67)(H,55,63)(H,56,64)(H,57,66). The third-order valence-electron chi connectivity index (χ3n) is 13.6. The number of nitrogens with two attached hydrogens (primary N) is 1. The number of likely N-dealkylation sites (tertiary alicyclic amines) is 3. The zero-order valence-electron chi connectivity index (χ0n) is 38.7. The molecule has 68 heavy (non-hydrogen) atoms. The molecule has 3 aromatic carbocycles. The van der Waals surface area contributed by atoms with E-state index in [2.05, 4.69) is 62.9 Å². The Labute approximate surface area is 416 Å². The second-order valence-corrected chi connectivity index (χ2v) is 20.0. The molecule has 3 fully saturated rings. The van der Waals surface area contributed by atoms with Crippen molar-refractivity contribution < 1.29 is 33.5 Å². The molecular formula is C50H65Br2N9O7. The van der Waals surface area contributed by atoms with Gasteiger partial charge in [0.1, 0.15) is 18.7 Å². The molecule has 4 heterocycles. The van der Waals surface area contributed by atoms with E-state index < -0.39 is 30.0 Å². The maximum Gasteiger partial charge on any atom is 0.407 e. The van der Waals surface area contributed by atoms with Crippen LogP contribution in [0, 0.1) is 0 Å². The van der Waals surface area contributed by atoms with Crippen molar-refractivity contribution in [3.63, 3.8) is 0 Å². The maximum absolute atomic E-state index is 14.6. The Morgan fingerprint density at radius 2 is 1.46 bits per heavy atom. The number of ketones is 1. The van der Waals surface area contributed by atoms with E-state index in [0.717, 1.165) is 55.8 Å². The van der Waals surface area contributed by atoms with E-state index in [1.54, 1.807) is 17.0 Å². The number of para-hydroxylation sites is 1. The van der Waals surface area contributed by atoms with Gasteiger partial charge in [0.2, 0.25) is 17.7 Å². The molecular weight excluding hydrogens is 998 g/mol. The Hall–Kier alpha value is -5.04. The van der Waals surface area contributed by atoms with E-state index in [4.69, 9.17) is 10.5 Å². The minimum absolute atomic E-state index is 0.108. The van der Waals surface area contributed by atoms with Crippen molar-refractivity contribution in [2.75, 3.05) is 70.0 Å². The number of nitrogen functional groups attached to an aromatic ring is 1. The number of Topliss-reactive ketones (excluding diaryl/α,β-unsaturated/α-hetero) is 1. The van der Waals surface area contributed by atoms with E-state index in [0.29, 0.717) is 78.0 Å². The van der Waals surface area contributed by atoms with Crippen molar-refractivity contribution in [1.82, 2.24) is 35.6 Å². The van der Waals surface area contributed by atoms with Crippen molar-refractivity contribution in [2.24, 2.45) is 0 Å². The lowest BCUT2D eigenvalue weighted by Crippen LogP contribution is -2.57. The highest BCUT2D eigenvalue weighted by molar-refractivity contribution is 9.11. The molecule has 0 spiro atoms. The predicted molar refractivity (Wildman–Crippen MR) is 268 cm³/mol. The Bertz CT molecular complexity index is 2210. The van der Waals surface area contributed by atoms with Crippen LogP contribution in [0.5, 0.6) is 0 Å². The van der Waals surface area contributed by atoms with Gasteiger partial charge in [-0.15, -0.1) is 0 Å². The van der Waals surface area contributed by atoms with E-state index in [1.165, 1.54) is 19.3 Å². The van der Waals surface area contributed by atoms with Gasteiger partial charge in [-0.25, -0.2) is 9.59 Å². The van der Waals surface area contributed by atoms with Crippen molar-refractivity contribution in [3.8, 4) is 0 Å². The van der Waals surface area contributed by atoms with Crippen molar-refractivity contribution in [2.45, 2.75) is 108 Å². The number of hydrogen-bond donors (Lipinski definition) is 5. The van der Waals surface area contributed by atoms with Crippen LogP contribution in [0.15, 0.2) is 75.7 Å². The van der Waals surface area contributed by atoms with E-state index >= 15 is 0 Å². The number of carbonyl (C=O) groups excluding carboxylic acids is 6. The summed E-state index contributed by atoms with van der Waals surface area (Å²) in [6.45, 7) is 5.53. The number of piperidine rings is 3. The van der Waals surface area contributed by atoms with Crippen LogP contribution in [-0.2, 0) is 32.1 Å². The number of hydrogen-bond acceptors (Lipinski definition) is 10. The first-order chi connectivity index (χ1) is 32.9. The SMILES string of the molecule is Nc1c(Br)cc(C(=O)CC(NC(=O)C(CCCCNC(=O)OCc2ccccc2)NC(=O)CN2CCC(N3CCCCC3)CC2)C(=O)N2CCC(N3CCc4ccccc4NC3=O)CC2)cc1Br. The number of carbonyl (C=O) groups is 6. The number of fused-ring (bicyclic) bond motifs is 1. The lowest BCUT2D eigenvalue weighted by atomic mass is 9.98. The van der Waals surface area contributed by atoms with Gasteiger partial charge in [0.05, 0.1) is 12.2 Å². The molecule has 4 aliphatic rings. The molecule has 4 aliphatic heterocycles. The molecule has 0 saturated carbocycles. The predicted octanol–water partition coefficient (Wildman–Crippen LogP) is 6.46. The molecule has 6 amide bonds. The summed E-state index contributed by atoms with van der Waals surface area (Å²) in [5.74, 6) is -1.70. The highest BCUT2D eigenvalue weighted by Gasteiger charge is 2.36. The van der Waals surface area contributed by atoms with Crippen LogP contribution in [0.1, 0.15) is 92.1 Å². The number of anilines is 2. The molecule has 7 rings (SSSR count). The number of urea groups is 1. The van der Waals surface area contributed by atoms with Crippen LogP contribution >= 0.6 is 31.9 Å². The van der Waals surface area contributed by atoms with Gasteiger partial charge in [-0.3, -0.25) is 24.1 Å². The summed E-state index contributed by atoms with van der Waals surface area (Å²) in [6.07, 6.45) is 7.68. The fourth-order valence-electron chi connectivity index (χ4n) is 9.75. The normalized spacial score (nSPS) is 18.4. The Morgan fingerprint density at radius 3 is 2.18 bits per heavy atom. The number of rotatable bonds is 18. The Morgan fingerprint density at radius 1 is 0.779 bits per heavy atom. The van der Waals surface area contributed by atoms with Crippen molar-refractivity contribution >= 4 is 78.9 Å². The summed E-state index contributed by atoms with van der Waals surface area (Å²) in [5.41, 5.74) is 9.57. The van der Waals surface area contributed by atoms with Crippen LogP contribution in [0.2, 0.25) is 0 Å². The van der Waals surface area contributed by atoms with E-state index in [1.807, 2.05) is 59.5 Å². The molecule has 0 bridgehead atoms. The van der Waals surface area contributed by atoms with Gasteiger partial charge in [0.15, 0.2) is 5.78 Å². The number of nitrogens with one attached hydrogen (secondary N) is 4. The van der Waals surface area contributed by atoms with Crippen LogP contribution in [-0.4, -0.2) is 138 Å².